The van der Waals surface area contributed by atoms with Gasteiger partial charge in [-0.1, -0.05) is 51.5 Å². The number of ether oxygens (including phenoxy) is 2. The Kier molecular flexibility index (Phi) is 9.55. The van der Waals surface area contributed by atoms with Crippen LogP contribution in [0.2, 0.25) is 0 Å². The van der Waals surface area contributed by atoms with Gasteiger partial charge in [0, 0.05) is 0 Å². The third-order valence-electron chi connectivity index (χ3n) is 7.66. The fourth-order valence-electron chi connectivity index (χ4n) is 5.54. The van der Waals surface area contributed by atoms with E-state index in [2.05, 4.69) is 21.8 Å². The van der Waals surface area contributed by atoms with Gasteiger partial charge in [0.25, 0.3) is 0 Å². The fraction of sp³-hybridized carbons (Fsp3) is 0.571. The highest BCUT2D eigenvalue weighted by atomic mass is 32.2. The first-order valence-corrected chi connectivity index (χ1v) is 15.4. The van der Waals surface area contributed by atoms with E-state index in [0.29, 0.717) is 29.4 Å². The highest BCUT2D eigenvalue weighted by molar-refractivity contribution is 7.92. The summed E-state index contributed by atoms with van der Waals surface area (Å²) >= 11 is 0. The summed E-state index contributed by atoms with van der Waals surface area (Å²) in [5.41, 5.74) is -0.576. The molecule has 39 heavy (non-hydrogen) atoms. The third kappa shape index (κ3) is 6.75. The maximum atomic E-state index is 13.4. The zero-order valence-electron chi connectivity index (χ0n) is 23.1. The van der Waals surface area contributed by atoms with E-state index in [4.69, 9.17) is 13.9 Å². The van der Waals surface area contributed by atoms with E-state index in [9.17, 15) is 13.5 Å². The molecule has 4 rings (SSSR count). The van der Waals surface area contributed by atoms with Crippen molar-refractivity contribution in [3.8, 4) is 28.8 Å². The SMILES string of the molecule is CCCCCC[C@](O)(CCS(=O)(=O)Nc1nnc(-c2ccco2)n1-c1c(OC)cccc1OC)C1CCCC1. The van der Waals surface area contributed by atoms with Crippen molar-refractivity contribution in [1.82, 2.24) is 14.8 Å². The summed E-state index contributed by atoms with van der Waals surface area (Å²) < 4.78 is 47.7. The zero-order chi connectivity index (χ0) is 27.9. The monoisotopic (exact) mass is 560 g/mol. The molecule has 3 aromatic rings. The number of nitrogens with zero attached hydrogens (tertiary/aromatic N) is 3. The van der Waals surface area contributed by atoms with Crippen molar-refractivity contribution in [2.75, 3.05) is 24.7 Å². The number of nitrogens with one attached hydrogen (secondary N) is 1. The number of aliphatic hydroxyl groups is 1. The molecule has 1 aliphatic carbocycles. The van der Waals surface area contributed by atoms with Crippen LogP contribution in [-0.2, 0) is 10.0 Å². The molecule has 0 aliphatic heterocycles. The summed E-state index contributed by atoms with van der Waals surface area (Å²) in [6, 6.07) is 8.67. The number of unbranched alkanes of at least 4 members (excludes halogenated alkanes) is 3. The van der Waals surface area contributed by atoms with Crippen LogP contribution < -0.4 is 14.2 Å². The summed E-state index contributed by atoms with van der Waals surface area (Å²) in [5.74, 6) is 1.40. The number of aromatic nitrogens is 3. The molecule has 1 aromatic carbocycles. The van der Waals surface area contributed by atoms with Crippen LogP contribution in [0.15, 0.2) is 41.0 Å². The highest BCUT2D eigenvalue weighted by Gasteiger charge is 2.39. The maximum absolute atomic E-state index is 13.4. The maximum Gasteiger partial charge on any atom is 0.243 e. The second-order valence-corrected chi connectivity index (χ2v) is 12.1. The lowest BCUT2D eigenvalue weighted by atomic mass is 9.80. The molecule has 0 amide bonds. The van der Waals surface area contributed by atoms with Crippen LogP contribution in [0.5, 0.6) is 11.5 Å². The Morgan fingerprint density at radius 3 is 2.38 bits per heavy atom. The average Bonchev–Trinajstić information content (AvgIpc) is 3.72. The van der Waals surface area contributed by atoms with Crippen molar-refractivity contribution < 1.29 is 27.4 Å². The Morgan fingerprint density at radius 1 is 1.05 bits per heavy atom. The molecule has 11 heteroatoms. The van der Waals surface area contributed by atoms with Gasteiger partial charge >= 0.3 is 0 Å². The van der Waals surface area contributed by atoms with Crippen molar-refractivity contribution >= 4 is 16.0 Å². The smallest absolute Gasteiger partial charge is 0.243 e. The molecule has 2 N–H and O–H groups in total. The molecule has 2 aromatic heterocycles. The van der Waals surface area contributed by atoms with E-state index < -0.39 is 15.6 Å². The molecule has 0 radical (unpaired) electrons. The molecule has 2 heterocycles. The topological polar surface area (TPSA) is 129 Å². The molecular weight excluding hydrogens is 520 g/mol. The zero-order valence-corrected chi connectivity index (χ0v) is 23.9. The minimum Gasteiger partial charge on any atom is -0.494 e. The first kappa shape index (κ1) is 28.9. The standard InChI is InChI=1S/C28H40N4O6S/c1-4-5-6-9-17-28(33,21-12-7-8-13-21)18-20-39(34,35)31-27-30-29-26(24-16-11-19-38-24)32(27)25-22(36-2)14-10-15-23(25)37-3/h10-11,14-16,19,21,33H,4-9,12-13,17-18,20H2,1-3H3,(H,30,31)/t28-/m0/s1. The Labute approximate surface area is 230 Å². The van der Waals surface area contributed by atoms with Gasteiger partial charge in [-0.3, -0.25) is 9.29 Å². The molecule has 1 atom stereocenters. The lowest BCUT2D eigenvalue weighted by molar-refractivity contribution is -0.0288. The Balaban J connectivity index is 1.63. The molecule has 1 aliphatic rings. The first-order valence-electron chi connectivity index (χ1n) is 13.8. The van der Waals surface area contributed by atoms with Gasteiger partial charge in [0.1, 0.15) is 17.2 Å². The summed E-state index contributed by atoms with van der Waals surface area (Å²) in [6.07, 6.45) is 10.5. The van der Waals surface area contributed by atoms with E-state index in [1.54, 1.807) is 30.3 Å². The van der Waals surface area contributed by atoms with Crippen LogP contribution in [0.4, 0.5) is 5.95 Å². The number of furan rings is 1. The van der Waals surface area contributed by atoms with E-state index in [1.165, 1.54) is 25.0 Å². The number of hydrogen-bond donors (Lipinski definition) is 2. The summed E-state index contributed by atoms with van der Waals surface area (Å²) in [6.45, 7) is 2.15. The van der Waals surface area contributed by atoms with Crippen LogP contribution >= 0.6 is 0 Å². The fourth-order valence-corrected chi connectivity index (χ4v) is 6.67. The molecule has 214 valence electrons. The summed E-state index contributed by atoms with van der Waals surface area (Å²) in [4.78, 5) is 0. The number of methoxy groups -OCH3 is 2. The van der Waals surface area contributed by atoms with Crippen molar-refractivity contribution in [3.63, 3.8) is 0 Å². The second kappa shape index (κ2) is 12.9. The van der Waals surface area contributed by atoms with Gasteiger partial charge in [-0.15, -0.1) is 10.2 Å². The minimum absolute atomic E-state index is 0.0310. The summed E-state index contributed by atoms with van der Waals surface area (Å²) in [5, 5.41) is 20.1. The molecule has 0 spiro atoms. The molecule has 0 bridgehead atoms. The predicted molar refractivity (Wildman–Crippen MR) is 150 cm³/mol. The number of sulfonamides is 1. The number of rotatable bonds is 15. The Bertz CT molecular complexity index is 1280. The molecular formula is C28H40N4O6S. The molecule has 0 unspecified atom stereocenters. The van der Waals surface area contributed by atoms with Crippen molar-refractivity contribution in [3.05, 3.63) is 36.6 Å². The van der Waals surface area contributed by atoms with Crippen molar-refractivity contribution in [2.45, 2.75) is 76.7 Å². The van der Waals surface area contributed by atoms with E-state index in [-0.39, 0.29) is 29.9 Å². The van der Waals surface area contributed by atoms with Gasteiger partial charge in [-0.25, -0.2) is 8.42 Å². The van der Waals surface area contributed by atoms with Crippen LogP contribution in [0.25, 0.3) is 17.3 Å². The van der Waals surface area contributed by atoms with Gasteiger partial charge in [0.2, 0.25) is 21.8 Å². The Hall–Kier alpha value is -3.05. The van der Waals surface area contributed by atoms with Crippen molar-refractivity contribution in [2.24, 2.45) is 5.92 Å². The number of hydrogen-bond acceptors (Lipinski definition) is 8. The van der Waals surface area contributed by atoms with E-state index >= 15 is 0 Å². The van der Waals surface area contributed by atoms with Crippen molar-refractivity contribution in [1.29, 1.82) is 0 Å². The molecule has 10 nitrogen and oxygen atoms in total. The first-order chi connectivity index (χ1) is 18.8. The number of para-hydroxylation sites is 1. The largest absolute Gasteiger partial charge is 0.494 e. The van der Waals surface area contributed by atoms with Gasteiger partial charge in [-0.05, 0) is 55.9 Å². The highest BCUT2D eigenvalue weighted by Crippen LogP contribution is 2.40. The van der Waals surface area contributed by atoms with Crippen LogP contribution in [-0.4, -0.2) is 53.9 Å². The molecule has 0 saturated heterocycles. The lowest BCUT2D eigenvalue weighted by Crippen LogP contribution is -2.39. The van der Waals surface area contributed by atoms with Crippen LogP contribution in [0, 0.1) is 5.92 Å². The quantitative estimate of drug-likeness (QED) is 0.231. The minimum atomic E-state index is -3.90. The van der Waals surface area contributed by atoms with Crippen LogP contribution in [0.3, 0.4) is 0 Å². The van der Waals surface area contributed by atoms with Gasteiger partial charge in [-0.2, -0.15) is 0 Å². The van der Waals surface area contributed by atoms with Gasteiger partial charge in [0.15, 0.2) is 5.76 Å². The van der Waals surface area contributed by atoms with Gasteiger partial charge in [0.05, 0.1) is 31.8 Å². The summed E-state index contributed by atoms with van der Waals surface area (Å²) in [7, 11) is -0.869. The number of anilines is 1. The number of benzene rings is 1. The predicted octanol–water partition coefficient (Wildman–Crippen LogP) is 5.57. The molecule has 1 fully saturated rings. The third-order valence-corrected chi connectivity index (χ3v) is 8.89. The van der Waals surface area contributed by atoms with E-state index in [1.807, 2.05) is 0 Å². The second-order valence-electron chi connectivity index (χ2n) is 10.2. The Morgan fingerprint density at radius 2 is 1.77 bits per heavy atom. The van der Waals surface area contributed by atoms with Crippen LogP contribution in [0.1, 0.15) is 71.1 Å². The van der Waals surface area contributed by atoms with E-state index in [0.717, 1.165) is 51.4 Å². The van der Waals surface area contributed by atoms with Gasteiger partial charge < -0.3 is 19.0 Å². The average molecular weight is 561 g/mol. The molecule has 1 saturated carbocycles. The lowest BCUT2D eigenvalue weighted by Gasteiger charge is -2.34. The normalized spacial score (nSPS) is 15.8.